The number of rotatable bonds is 16. The lowest BCUT2D eigenvalue weighted by Crippen LogP contribution is -2.34. The number of benzene rings is 2. The minimum atomic E-state index is -3.77. The van der Waals surface area contributed by atoms with Crippen molar-refractivity contribution in [1.29, 1.82) is 0 Å². The van der Waals surface area contributed by atoms with Gasteiger partial charge < -0.3 is 19.3 Å². The molecule has 2 fully saturated rings. The van der Waals surface area contributed by atoms with Gasteiger partial charge in [-0.05, 0) is 56.4 Å². The van der Waals surface area contributed by atoms with Crippen LogP contribution in [0.1, 0.15) is 69.7 Å². The molecule has 0 amide bonds. The Morgan fingerprint density at radius 1 is 0.676 bits per heavy atom. The fourth-order valence-corrected chi connectivity index (χ4v) is 10.7. The number of alkyl halides is 4. The van der Waals surface area contributed by atoms with Crippen LogP contribution in [0.2, 0.25) is 20.1 Å². The molecule has 2 saturated carbocycles. The van der Waals surface area contributed by atoms with Gasteiger partial charge in [-0.2, -0.15) is 53.9 Å². The summed E-state index contributed by atoms with van der Waals surface area (Å²) in [5.74, 6) is -1.15. The van der Waals surface area contributed by atoms with Crippen LogP contribution < -0.4 is 36.7 Å². The van der Waals surface area contributed by atoms with Crippen molar-refractivity contribution in [3.63, 3.8) is 0 Å². The van der Waals surface area contributed by atoms with Crippen LogP contribution in [0.4, 0.5) is 17.6 Å². The Hall–Kier alpha value is -5.13. The highest BCUT2D eigenvalue weighted by Crippen LogP contribution is 2.43. The maximum Gasteiger partial charge on any atom is 0.450 e. The number of sulfone groups is 2. The summed E-state index contributed by atoms with van der Waals surface area (Å²) in [6, 6.07) is 6.74. The van der Waals surface area contributed by atoms with Crippen molar-refractivity contribution >= 4 is 105 Å². The molecule has 0 saturated heterocycles. The molecule has 34 heteroatoms. The van der Waals surface area contributed by atoms with Crippen LogP contribution >= 0.6 is 80.8 Å². The molecule has 4 heterocycles. The van der Waals surface area contributed by atoms with Crippen LogP contribution in [0.15, 0.2) is 77.8 Å². The summed E-state index contributed by atoms with van der Waals surface area (Å²) in [6.07, 6.45) is -0.708. The third-order valence-electron chi connectivity index (χ3n) is 9.91. The molecule has 2 aromatic carbocycles. The zero-order valence-electron chi connectivity index (χ0n) is 37.1. The van der Waals surface area contributed by atoms with E-state index in [0.29, 0.717) is 41.7 Å². The molecule has 0 radical (unpaired) electrons. The van der Waals surface area contributed by atoms with E-state index >= 15 is 0 Å². The Morgan fingerprint density at radius 3 is 1.43 bits per heavy atom. The van der Waals surface area contributed by atoms with E-state index in [2.05, 4.69) is 20.2 Å². The average Bonchev–Trinajstić information content (AvgIpc) is 4.24. The van der Waals surface area contributed by atoms with Crippen LogP contribution in [0, 0.1) is 0 Å². The third-order valence-corrected chi connectivity index (χ3v) is 15.6. The molecular weight excluding hydrogens is 1180 g/mol. The summed E-state index contributed by atoms with van der Waals surface area (Å²) < 4.78 is 121. The molecule has 4 aromatic heterocycles. The van der Waals surface area contributed by atoms with E-state index in [1.54, 1.807) is 9.97 Å². The first-order chi connectivity index (χ1) is 34.7. The Bertz CT molecular complexity index is 3530. The minimum absolute atomic E-state index is 0.0662. The van der Waals surface area contributed by atoms with Gasteiger partial charge >= 0.3 is 16.3 Å². The average molecular weight is 1220 g/mol. The molecule has 0 aliphatic heterocycles. The molecule has 3 N–H and O–H groups in total. The molecular formula is C40H32BCl7F4N8O12S2. The van der Waals surface area contributed by atoms with E-state index in [9.17, 15) is 58.7 Å². The zero-order valence-corrected chi connectivity index (χ0v) is 44.0. The highest BCUT2D eigenvalue weighted by Gasteiger charge is 2.40. The molecule has 2 aliphatic rings. The Morgan fingerprint density at radius 2 is 1.05 bits per heavy atom. The van der Waals surface area contributed by atoms with Crippen LogP contribution in [0.25, 0.3) is 11.4 Å². The van der Waals surface area contributed by atoms with Gasteiger partial charge in [0, 0.05) is 12.1 Å². The van der Waals surface area contributed by atoms with E-state index < -0.39 is 87.6 Å². The first-order valence-corrected chi connectivity index (χ1v) is 26.8. The predicted molar refractivity (Wildman–Crippen MR) is 265 cm³/mol. The highest BCUT2D eigenvalue weighted by molar-refractivity contribution is 7.92. The fourth-order valence-electron chi connectivity index (χ4n) is 6.13. The number of aromatic amines is 2. The maximum atomic E-state index is 13.1. The second-order valence-electron chi connectivity index (χ2n) is 15.3. The number of hydrogen-bond acceptors (Lipinski definition) is 16. The quantitative estimate of drug-likeness (QED) is 0.0463. The first kappa shape index (κ1) is 58.1. The second kappa shape index (κ2) is 24.3. The summed E-state index contributed by atoms with van der Waals surface area (Å²) in [5.41, 5.74) is -7.49. The Kier molecular flexibility index (Phi) is 19.1. The number of aromatic nitrogens is 8. The number of H-pyrrole nitrogens is 2. The van der Waals surface area contributed by atoms with Crippen molar-refractivity contribution in [1.82, 2.24) is 39.5 Å². The largest absolute Gasteiger partial charge is 0.505 e. The van der Waals surface area contributed by atoms with Gasteiger partial charge in [0.15, 0.2) is 54.1 Å². The van der Waals surface area contributed by atoms with E-state index in [4.69, 9.17) is 95.0 Å². The van der Waals surface area contributed by atoms with E-state index in [0.717, 1.165) is 49.4 Å². The molecule has 20 nitrogen and oxygen atoms in total. The van der Waals surface area contributed by atoms with Crippen molar-refractivity contribution in [3.8, 4) is 46.1 Å². The van der Waals surface area contributed by atoms with Crippen molar-refractivity contribution in [2.45, 2.75) is 78.6 Å². The lowest BCUT2D eigenvalue weighted by molar-refractivity contribution is 0.141. The van der Waals surface area contributed by atoms with E-state index in [1.807, 2.05) is 6.92 Å². The fraction of sp³-hybridized carbons (Fsp3) is 0.300. The number of hydrogen-bond donors (Lipinski definition) is 3. The Balaban J connectivity index is 0.000000226. The lowest BCUT2D eigenvalue weighted by Gasteiger charge is -2.15. The summed E-state index contributed by atoms with van der Waals surface area (Å²) in [7, 11) is -7.44. The minimum Gasteiger partial charge on any atom is -0.505 e. The first-order valence-electron chi connectivity index (χ1n) is 20.8. The normalized spacial score (nSPS) is 13.4. The van der Waals surface area contributed by atoms with Gasteiger partial charge in [0.1, 0.15) is 9.79 Å². The summed E-state index contributed by atoms with van der Waals surface area (Å²) in [4.78, 5) is 57.4. The van der Waals surface area contributed by atoms with Crippen molar-refractivity contribution in [2.75, 3.05) is 6.61 Å². The molecule has 74 heavy (non-hydrogen) atoms. The van der Waals surface area contributed by atoms with Crippen molar-refractivity contribution in [2.24, 2.45) is 0 Å². The molecule has 0 unspecified atom stereocenters. The summed E-state index contributed by atoms with van der Waals surface area (Å²) in [6.45, 7) is 2.29. The number of nitrogens with zero attached hydrogens (tertiary/aromatic N) is 6. The maximum absolute atomic E-state index is 13.1. The van der Waals surface area contributed by atoms with Gasteiger partial charge in [-0.25, -0.2) is 54.0 Å². The molecule has 6 aromatic rings. The SMILES string of the molecule is CCCCOc1cnc(Oc2c(Cl)cc(-n3nc(C(F)F)c(=O)[nH]c3=O)cc2Cl)cc1S(=O)(=O)C1CC1.ClB(Cl)Cl.O=c1[nH]c(=O)n(-c2cc(Cl)c(Oc3cc(S(=O)(=O)C4CC4)c(O)cn3)c(Cl)c2)nc1C(F)F. The number of aromatic hydroxyl groups is 1. The highest BCUT2D eigenvalue weighted by atomic mass is 35.6. The van der Waals surface area contributed by atoms with E-state index in [-0.39, 0.29) is 70.3 Å². The van der Waals surface area contributed by atoms with Crippen LogP contribution in [-0.2, 0) is 19.7 Å². The molecule has 0 atom stereocenters. The van der Waals surface area contributed by atoms with Crippen molar-refractivity contribution < 1.29 is 53.7 Å². The summed E-state index contributed by atoms with van der Waals surface area (Å²) in [5, 5.41) is 14.8. The molecule has 2 aliphatic carbocycles. The summed E-state index contributed by atoms with van der Waals surface area (Å²) >= 11 is 39.3. The van der Waals surface area contributed by atoms with Gasteiger partial charge in [-0.15, -0.1) is 0 Å². The van der Waals surface area contributed by atoms with E-state index in [1.165, 1.54) is 12.3 Å². The lowest BCUT2D eigenvalue weighted by atomic mass is 10.3. The Labute approximate surface area is 449 Å². The van der Waals surface area contributed by atoms with Gasteiger partial charge in [0.2, 0.25) is 11.8 Å². The standard InChI is InChI=1S/C22H20Cl2F2N4O6S.C18H12Cl2F2N4O6S.BCl3/c1-2-3-6-35-15-10-27-17(9-16(15)37(33,34)12-4-5-12)36-19-13(23)7-11(8-14(19)24)30-22(32)28-21(31)18(29-30)20(25)26;19-9-3-7(26-18(29)24-17(28)14(25-26)16(21)22)4-10(20)15(9)32-13-5-12(11(27)6-23-13)33(30,31)8-1-2-8;2-1(3)4/h7-10,12,20H,2-6H2,1H3,(H,28,31,32);3-6,8,16,27H,1-2H2,(H,24,28,29);. The van der Waals surface area contributed by atoms with Crippen LogP contribution in [0.3, 0.4) is 0 Å². The predicted octanol–water partition coefficient (Wildman–Crippen LogP) is 9.15. The van der Waals surface area contributed by atoms with Crippen LogP contribution in [0.5, 0.6) is 34.8 Å². The van der Waals surface area contributed by atoms with Gasteiger partial charge in [-0.1, -0.05) is 59.7 Å². The second-order valence-corrected chi connectivity index (χ2v) is 23.3. The number of pyridine rings is 2. The topological polar surface area (TPSA) is 277 Å². The van der Waals surface area contributed by atoms with Gasteiger partial charge in [0.25, 0.3) is 24.0 Å². The number of unbranched alkanes of at least 4 members (excludes halogenated alkanes) is 1. The third kappa shape index (κ3) is 14.0. The zero-order chi connectivity index (χ0) is 54.6. The molecule has 8 rings (SSSR count). The number of ether oxygens (including phenoxy) is 3. The number of nitrogens with one attached hydrogen (secondary N) is 2. The van der Waals surface area contributed by atoms with Crippen molar-refractivity contribution in [3.05, 3.63) is 122 Å². The van der Waals surface area contributed by atoms with Crippen LogP contribution in [-0.4, -0.2) is 83.5 Å². The van der Waals surface area contributed by atoms with Gasteiger partial charge in [0.05, 0.1) is 61.0 Å². The molecule has 396 valence electrons. The molecule has 0 bridgehead atoms. The molecule has 0 spiro atoms. The smallest absolute Gasteiger partial charge is 0.450 e. The monoisotopic (exact) mass is 1210 g/mol. The number of halogens is 11. The van der Waals surface area contributed by atoms with Gasteiger partial charge in [-0.3, -0.25) is 19.6 Å².